The fourth-order valence-corrected chi connectivity index (χ4v) is 2.69. The fraction of sp³-hybridized carbons (Fsp3) is 0.467. The Morgan fingerprint density at radius 2 is 2.21 bits per heavy atom. The molecule has 0 saturated heterocycles. The molecule has 0 radical (unpaired) electrons. The van der Waals surface area contributed by atoms with Crippen LogP contribution in [0.25, 0.3) is 6.08 Å². The second-order valence-electron chi connectivity index (χ2n) is 5.43. The molecule has 0 amide bonds. The first-order chi connectivity index (χ1) is 8.96. The van der Waals surface area contributed by atoms with E-state index in [1.165, 1.54) is 0 Å². The zero-order valence-corrected chi connectivity index (χ0v) is 11.0. The number of aliphatic hydroxyl groups is 2. The maximum absolute atomic E-state index is 10.2. The molecule has 0 bridgehead atoms. The molecule has 3 rings (SSSR count). The summed E-state index contributed by atoms with van der Waals surface area (Å²) in [4.78, 5) is 0. The van der Waals surface area contributed by atoms with E-state index < -0.39 is 11.9 Å². The van der Waals surface area contributed by atoms with E-state index in [0.717, 1.165) is 11.1 Å². The number of hydrogen-bond donors (Lipinski definition) is 2. The van der Waals surface area contributed by atoms with E-state index in [9.17, 15) is 10.2 Å². The van der Waals surface area contributed by atoms with Crippen molar-refractivity contribution in [3.8, 4) is 5.75 Å². The third-order valence-electron chi connectivity index (χ3n) is 3.58. The van der Waals surface area contributed by atoms with E-state index >= 15 is 0 Å². The van der Waals surface area contributed by atoms with Gasteiger partial charge < -0.3 is 19.7 Å². The van der Waals surface area contributed by atoms with Crippen molar-refractivity contribution in [1.29, 1.82) is 0 Å². The largest absolute Gasteiger partial charge is 0.462 e. The molecule has 0 spiro atoms. The molecule has 0 fully saturated rings. The average Bonchev–Trinajstić information content (AvgIpc) is 2.49. The molecular weight excluding hydrogens is 244 g/mol. The predicted molar refractivity (Wildman–Crippen MR) is 70.6 cm³/mol. The summed E-state index contributed by atoms with van der Waals surface area (Å²) >= 11 is 0. The topological polar surface area (TPSA) is 58.9 Å². The molecule has 4 nitrogen and oxygen atoms in total. The highest BCUT2D eigenvalue weighted by atomic mass is 16.6. The smallest absolute Gasteiger partial charge is 0.208 e. The summed E-state index contributed by atoms with van der Waals surface area (Å²) in [7, 11) is 0. The van der Waals surface area contributed by atoms with E-state index in [1.54, 1.807) is 13.8 Å². The number of rotatable bonds is 1. The van der Waals surface area contributed by atoms with Gasteiger partial charge in [0, 0.05) is 18.9 Å². The van der Waals surface area contributed by atoms with Gasteiger partial charge in [-0.25, -0.2) is 0 Å². The Morgan fingerprint density at radius 1 is 1.42 bits per heavy atom. The van der Waals surface area contributed by atoms with E-state index in [4.69, 9.17) is 9.47 Å². The number of benzene rings is 1. The summed E-state index contributed by atoms with van der Waals surface area (Å²) in [6.45, 7) is 3.32. The Hall–Kier alpha value is -1.36. The first-order valence-electron chi connectivity index (χ1n) is 6.52. The monoisotopic (exact) mass is 262 g/mol. The van der Waals surface area contributed by atoms with Gasteiger partial charge in [0.2, 0.25) is 5.79 Å². The van der Waals surface area contributed by atoms with Gasteiger partial charge in [0.25, 0.3) is 0 Å². The van der Waals surface area contributed by atoms with Crippen molar-refractivity contribution in [1.82, 2.24) is 0 Å². The van der Waals surface area contributed by atoms with Crippen LogP contribution in [0.4, 0.5) is 0 Å². The normalized spacial score (nSPS) is 34.1. The second-order valence-corrected chi connectivity index (χ2v) is 5.43. The minimum Gasteiger partial charge on any atom is -0.462 e. The van der Waals surface area contributed by atoms with Crippen LogP contribution in [0.5, 0.6) is 5.75 Å². The van der Waals surface area contributed by atoms with E-state index in [1.807, 2.05) is 30.4 Å². The predicted octanol–water partition coefficient (Wildman–Crippen LogP) is 2.01. The lowest BCUT2D eigenvalue weighted by atomic mass is 9.93. The molecular formula is C15H18O4. The molecule has 0 saturated carbocycles. The zero-order valence-electron chi connectivity index (χ0n) is 11.0. The maximum atomic E-state index is 10.2. The van der Waals surface area contributed by atoms with Crippen molar-refractivity contribution in [3.63, 3.8) is 0 Å². The lowest BCUT2D eigenvalue weighted by Gasteiger charge is -2.37. The van der Waals surface area contributed by atoms with Crippen LogP contribution in [0, 0.1) is 0 Å². The Kier molecular flexibility index (Phi) is 2.89. The SMILES string of the molecule is CC(O)C1C=Cc2cccc3c2C(CC(C)(O)O3)O1. The van der Waals surface area contributed by atoms with Gasteiger partial charge in [-0.15, -0.1) is 0 Å². The highest BCUT2D eigenvalue weighted by Crippen LogP contribution is 2.44. The van der Waals surface area contributed by atoms with E-state index in [2.05, 4.69) is 0 Å². The Bertz CT molecular complexity index is 519. The number of hydrogen-bond acceptors (Lipinski definition) is 4. The minimum atomic E-state index is -1.25. The van der Waals surface area contributed by atoms with Crippen LogP contribution in [-0.4, -0.2) is 28.2 Å². The van der Waals surface area contributed by atoms with Gasteiger partial charge in [0.05, 0.1) is 12.2 Å². The van der Waals surface area contributed by atoms with Crippen LogP contribution in [-0.2, 0) is 4.74 Å². The van der Waals surface area contributed by atoms with Gasteiger partial charge >= 0.3 is 0 Å². The van der Waals surface area contributed by atoms with Crippen molar-refractivity contribution in [2.75, 3.05) is 0 Å². The van der Waals surface area contributed by atoms with Crippen LogP contribution < -0.4 is 4.74 Å². The van der Waals surface area contributed by atoms with Gasteiger partial charge in [0.15, 0.2) is 0 Å². The quantitative estimate of drug-likeness (QED) is 0.813. The van der Waals surface area contributed by atoms with Crippen molar-refractivity contribution in [3.05, 3.63) is 35.4 Å². The highest BCUT2D eigenvalue weighted by molar-refractivity contribution is 5.61. The first-order valence-corrected chi connectivity index (χ1v) is 6.52. The molecule has 4 heteroatoms. The summed E-state index contributed by atoms with van der Waals surface area (Å²) in [6, 6.07) is 5.71. The maximum Gasteiger partial charge on any atom is 0.208 e. The van der Waals surface area contributed by atoms with E-state index in [0.29, 0.717) is 12.2 Å². The molecule has 0 aliphatic carbocycles. The molecule has 1 aromatic carbocycles. The molecule has 2 aliphatic heterocycles. The Balaban J connectivity index is 2.07. The van der Waals surface area contributed by atoms with Crippen molar-refractivity contribution >= 4 is 6.08 Å². The van der Waals surface area contributed by atoms with Gasteiger partial charge in [-0.05, 0) is 18.6 Å². The fourth-order valence-electron chi connectivity index (χ4n) is 2.69. The van der Waals surface area contributed by atoms with Gasteiger partial charge in [-0.2, -0.15) is 0 Å². The molecule has 4 atom stereocenters. The van der Waals surface area contributed by atoms with Gasteiger partial charge in [-0.1, -0.05) is 24.3 Å². The second kappa shape index (κ2) is 4.34. The lowest BCUT2D eigenvalue weighted by molar-refractivity contribution is -0.177. The minimum absolute atomic E-state index is 0.274. The van der Waals surface area contributed by atoms with Crippen LogP contribution in [0.1, 0.15) is 37.5 Å². The first kappa shape index (κ1) is 12.7. The highest BCUT2D eigenvalue weighted by Gasteiger charge is 2.39. The summed E-state index contributed by atoms with van der Waals surface area (Å²) in [6.07, 6.45) is 2.90. The Labute approximate surface area is 112 Å². The molecule has 102 valence electrons. The molecule has 1 aromatic rings. The van der Waals surface area contributed by atoms with Crippen molar-refractivity contribution in [2.45, 2.75) is 44.4 Å². The van der Waals surface area contributed by atoms with Crippen molar-refractivity contribution < 1.29 is 19.7 Å². The average molecular weight is 262 g/mol. The van der Waals surface area contributed by atoms with Crippen LogP contribution >= 0.6 is 0 Å². The summed E-state index contributed by atoms with van der Waals surface area (Å²) in [5.41, 5.74) is 1.97. The molecule has 2 aliphatic rings. The number of ether oxygens (including phenoxy) is 2. The van der Waals surface area contributed by atoms with Crippen molar-refractivity contribution in [2.24, 2.45) is 0 Å². The summed E-state index contributed by atoms with van der Waals surface area (Å²) in [5.74, 6) is -0.598. The third kappa shape index (κ3) is 2.27. The van der Waals surface area contributed by atoms with Gasteiger partial charge in [-0.3, -0.25) is 0 Å². The summed E-state index contributed by atoms with van der Waals surface area (Å²) < 4.78 is 11.5. The molecule has 2 N–H and O–H groups in total. The van der Waals surface area contributed by atoms with Crippen LogP contribution in [0.2, 0.25) is 0 Å². The molecule has 4 unspecified atom stereocenters. The van der Waals surface area contributed by atoms with E-state index in [-0.39, 0.29) is 12.2 Å². The van der Waals surface area contributed by atoms with Crippen LogP contribution in [0.3, 0.4) is 0 Å². The molecule has 19 heavy (non-hydrogen) atoms. The van der Waals surface area contributed by atoms with Crippen LogP contribution in [0.15, 0.2) is 24.3 Å². The van der Waals surface area contributed by atoms with Gasteiger partial charge in [0.1, 0.15) is 11.9 Å². The zero-order chi connectivity index (χ0) is 13.6. The lowest BCUT2D eigenvalue weighted by Crippen LogP contribution is -2.39. The third-order valence-corrected chi connectivity index (χ3v) is 3.58. The molecule has 0 aromatic heterocycles. The number of aliphatic hydroxyl groups excluding tert-OH is 1. The molecule has 2 heterocycles. The Morgan fingerprint density at radius 3 is 2.95 bits per heavy atom. The summed E-state index contributed by atoms with van der Waals surface area (Å²) in [5, 5.41) is 19.9. The standard InChI is InChI=1S/C15H18O4/c1-9(16)11-7-6-10-4-3-5-12-14(10)13(18-11)8-15(2,17)19-12/h3-7,9,11,13,16-17H,8H2,1-2H3.